The Morgan fingerprint density at radius 3 is 2.28 bits per heavy atom. The van der Waals surface area contributed by atoms with Gasteiger partial charge in [0.15, 0.2) is 11.9 Å². The molecule has 166 valence electrons. The van der Waals surface area contributed by atoms with Gasteiger partial charge in [0.25, 0.3) is 5.91 Å². The van der Waals surface area contributed by atoms with Crippen molar-refractivity contribution in [2.75, 3.05) is 31.1 Å². The zero-order valence-corrected chi connectivity index (χ0v) is 19.2. The summed E-state index contributed by atoms with van der Waals surface area (Å²) >= 11 is 0. The summed E-state index contributed by atoms with van der Waals surface area (Å²) in [7, 11) is 0. The van der Waals surface area contributed by atoms with Crippen LogP contribution in [0.2, 0.25) is 0 Å². The third kappa shape index (κ3) is 4.74. The molecule has 0 aliphatic carbocycles. The smallest absolute Gasteiger partial charge is 0.263 e. The Morgan fingerprint density at radius 2 is 1.62 bits per heavy atom. The van der Waals surface area contributed by atoms with E-state index in [2.05, 4.69) is 46.3 Å². The van der Waals surface area contributed by atoms with Gasteiger partial charge in [-0.05, 0) is 57.0 Å². The van der Waals surface area contributed by atoms with Crippen molar-refractivity contribution in [1.29, 1.82) is 0 Å². The number of hydrogen-bond acceptors (Lipinski definition) is 5. The molecular weight excluding hydrogens is 400 g/mol. The molecule has 0 N–H and O–H groups in total. The Kier molecular flexibility index (Phi) is 6.40. The van der Waals surface area contributed by atoms with Gasteiger partial charge >= 0.3 is 0 Å². The fourth-order valence-electron chi connectivity index (χ4n) is 3.88. The van der Waals surface area contributed by atoms with E-state index in [1.807, 2.05) is 56.0 Å². The van der Waals surface area contributed by atoms with E-state index >= 15 is 0 Å². The maximum atomic E-state index is 12.9. The maximum Gasteiger partial charge on any atom is 0.263 e. The number of ether oxygens (including phenoxy) is 1. The molecule has 32 heavy (non-hydrogen) atoms. The van der Waals surface area contributed by atoms with Gasteiger partial charge in [0.2, 0.25) is 0 Å². The zero-order chi connectivity index (χ0) is 22.7. The van der Waals surface area contributed by atoms with Crippen molar-refractivity contribution in [2.45, 2.75) is 33.8 Å². The van der Waals surface area contributed by atoms with Crippen LogP contribution in [0.15, 0.2) is 54.6 Å². The van der Waals surface area contributed by atoms with E-state index in [-0.39, 0.29) is 5.91 Å². The first-order valence-corrected chi connectivity index (χ1v) is 11.1. The van der Waals surface area contributed by atoms with E-state index in [4.69, 9.17) is 4.74 Å². The number of nitrogens with zero attached hydrogens (tertiary/aromatic N) is 4. The molecule has 2 heterocycles. The summed E-state index contributed by atoms with van der Waals surface area (Å²) < 4.78 is 5.99. The summed E-state index contributed by atoms with van der Waals surface area (Å²) in [5.41, 5.74) is 5.37. The number of benzene rings is 2. The van der Waals surface area contributed by atoms with E-state index in [9.17, 15) is 4.79 Å². The van der Waals surface area contributed by atoms with E-state index in [1.54, 1.807) is 0 Å². The highest BCUT2D eigenvalue weighted by Crippen LogP contribution is 2.23. The van der Waals surface area contributed by atoms with Gasteiger partial charge in [-0.1, -0.05) is 42.0 Å². The monoisotopic (exact) mass is 430 g/mol. The van der Waals surface area contributed by atoms with E-state index < -0.39 is 6.10 Å². The fraction of sp³-hybridized carbons (Fsp3) is 0.346. The molecule has 1 aromatic heterocycles. The van der Waals surface area contributed by atoms with Crippen LogP contribution in [0.3, 0.4) is 0 Å². The van der Waals surface area contributed by atoms with Crippen LogP contribution in [0, 0.1) is 20.8 Å². The lowest BCUT2D eigenvalue weighted by Crippen LogP contribution is -2.52. The predicted octanol–water partition coefficient (Wildman–Crippen LogP) is 4.18. The second-order valence-electron chi connectivity index (χ2n) is 8.41. The molecule has 1 aliphatic rings. The standard InChI is InChI=1S/C26H30N4O2/c1-18-8-10-22(11-9-18)23-12-13-25(28-27-23)29-14-16-30(17-15-29)26(31)21(4)32-24-7-5-6-19(2)20(24)3/h5-13,21H,14-17H2,1-4H3. The molecule has 2 aromatic carbocycles. The van der Waals surface area contributed by atoms with Crippen LogP contribution < -0.4 is 9.64 Å². The van der Waals surface area contributed by atoms with Crippen LogP contribution in [0.5, 0.6) is 5.75 Å². The lowest BCUT2D eigenvalue weighted by atomic mass is 10.1. The third-order valence-electron chi connectivity index (χ3n) is 6.12. The molecule has 0 spiro atoms. The number of amides is 1. The molecule has 1 saturated heterocycles. The van der Waals surface area contributed by atoms with Crippen molar-refractivity contribution in [3.05, 3.63) is 71.3 Å². The molecule has 0 radical (unpaired) electrons. The minimum absolute atomic E-state index is 0.0198. The van der Waals surface area contributed by atoms with Crippen LogP contribution >= 0.6 is 0 Å². The second-order valence-corrected chi connectivity index (χ2v) is 8.41. The number of anilines is 1. The van der Waals surface area contributed by atoms with Crippen molar-refractivity contribution in [3.8, 4) is 17.0 Å². The lowest BCUT2D eigenvalue weighted by molar-refractivity contribution is -0.138. The van der Waals surface area contributed by atoms with Crippen LogP contribution in [0.25, 0.3) is 11.3 Å². The molecule has 6 nitrogen and oxygen atoms in total. The number of aryl methyl sites for hydroxylation is 2. The van der Waals surface area contributed by atoms with Gasteiger partial charge in [-0.3, -0.25) is 4.79 Å². The third-order valence-corrected chi connectivity index (χ3v) is 6.12. The second kappa shape index (κ2) is 9.39. The van der Waals surface area contributed by atoms with Crippen LogP contribution in [-0.4, -0.2) is 53.3 Å². The van der Waals surface area contributed by atoms with Crippen molar-refractivity contribution < 1.29 is 9.53 Å². The summed E-state index contributed by atoms with van der Waals surface area (Å²) in [6, 6.07) is 18.2. The van der Waals surface area contributed by atoms with E-state index in [0.29, 0.717) is 13.1 Å². The largest absolute Gasteiger partial charge is 0.481 e. The topological polar surface area (TPSA) is 58.6 Å². The number of carbonyl (C=O) groups excluding carboxylic acids is 1. The number of hydrogen-bond donors (Lipinski definition) is 0. The Morgan fingerprint density at radius 1 is 0.906 bits per heavy atom. The molecular formula is C26H30N4O2. The van der Waals surface area contributed by atoms with Gasteiger partial charge in [0.05, 0.1) is 5.69 Å². The molecule has 6 heteroatoms. The number of rotatable bonds is 5. The summed E-state index contributed by atoms with van der Waals surface area (Å²) in [6.07, 6.45) is -0.518. The van der Waals surface area contributed by atoms with Crippen LogP contribution in [0.1, 0.15) is 23.6 Å². The van der Waals surface area contributed by atoms with E-state index in [1.165, 1.54) is 5.56 Å². The Hall–Kier alpha value is -3.41. The predicted molar refractivity (Wildman–Crippen MR) is 127 cm³/mol. The highest BCUT2D eigenvalue weighted by Gasteiger charge is 2.27. The highest BCUT2D eigenvalue weighted by atomic mass is 16.5. The lowest BCUT2D eigenvalue weighted by Gasteiger charge is -2.36. The zero-order valence-electron chi connectivity index (χ0n) is 19.2. The molecule has 0 saturated carbocycles. The molecule has 1 fully saturated rings. The van der Waals surface area contributed by atoms with Gasteiger partial charge in [-0.2, -0.15) is 0 Å². The minimum Gasteiger partial charge on any atom is -0.481 e. The van der Waals surface area contributed by atoms with Crippen molar-refractivity contribution in [1.82, 2.24) is 15.1 Å². The van der Waals surface area contributed by atoms with Crippen molar-refractivity contribution in [2.24, 2.45) is 0 Å². The Bertz CT molecular complexity index is 1070. The molecule has 4 rings (SSSR count). The highest BCUT2D eigenvalue weighted by molar-refractivity contribution is 5.81. The fourth-order valence-corrected chi connectivity index (χ4v) is 3.88. The molecule has 1 aliphatic heterocycles. The molecule has 1 amide bonds. The average Bonchev–Trinajstić information content (AvgIpc) is 2.82. The first-order valence-electron chi connectivity index (χ1n) is 11.1. The SMILES string of the molecule is Cc1ccc(-c2ccc(N3CCN(C(=O)C(C)Oc4cccc(C)c4C)CC3)nn2)cc1. The van der Waals surface area contributed by atoms with Crippen LogP contribution in [0.4, 0.5) is 5.82 Å². The van der Waals surface area contributed by atoms with Crippen molar-refractivity contribution in [3.63, 3.8) is 0 Å². The summed E-state index contributed by atoms with van der Waals surface area (Å²) in [4.78, 5) is 17.0. The molecule has 1 unspecified atom stereocenters. The summed E-state index contributed by atoms with van der Waals surface area (Å²) in [5, 5.41) is 8.83. The normalized spacial score (nSPS) is 14.9. The van der Waals surface area contributed by atoms with Gasteiger partial charge in [-0.25, -0.2) is 0 Å². The quantitative estimate of drug-likeness (QED) is 0.608. The number of carbonyl (C=O) groups is 1. The average molecular weight is 431 g/mol. The number of aromatic nitrogens is 2. The summed E-state index contributed by atoms with van der Waals surface area (Å²) in [5.74, 6) is 1.63. The molecule has 3 aromatic rings. The Labute approximate surface area is 189 Å². The summed E-state index contributed by atoms with van der Waals surface area (Å²) in [6.45, 7) is 10.7. The van der Waals surface area contributed by atoms with Gasteiger partial charge in [0.1, 0.15) is 5.75 Å². The first kappa shape index (κ1) is 21.8. The van der Waals surface area contributed by atoms with Crippen molar-refractivity contribution >= 4 is 11.7 Å². The van der Waals surface area contributed by atoms with E-state index in [0.717, 1.165) is 47.0 Å². The van der Waals surface area contributed by atoms with Crippen LogP contribution in [-0.2, 0) is 4.79 Å². The number of piperazine rings is 1. The Balaban J connectivity index is 1.33. The van der Waals surface area contributed by atoms with Gasteiger partial charge in [-0.15, -0.1) is 10.2 Å². The minimum atomic E-state index is -0.518. The van der Waals surface area contributed by atoms with Gasteiger partial charge in [0, 0.05) is 31.7 Å². The van der Waals surface area contributed by atoms with Gasteiger partial charge < -0.3 is 14.5 Å². The maximum absolute atomic E-state index is 12.9. The first-order chi connectivity index (χ1) is 15.4. The molecule has 0 bridgehead atoms. The molecule has 1 atom stereocenters.